The van der Waals surface area contributed by atoms with Crippen LogP contribution in [0.4, 0.5) is 4.79 Å². The lowest BCUT2D eigenvalue weighted by Crippen LogP contribution is -2.34. The molecule has 1 aliphatic heterocycles. The maximum Gasteiger partial charge on any atom is 0.440 e. The first-order valence-electron chi connectivity index (χ1n) is 9.60. The summed E-state index contributed by atoms with van der Waals surface area (Å²) in [6.45, 7) is 0.287. The molecule has 1 N–H and O–H groups in total. The van der Waals surface area contributed by atoms with Gasteiger partial charge < -0.3 is 4.74 Å². The summed E-state index contributed by atoms with van der Waals surface area (Å²) in [5.41, 5.74) is 3.06. The highest BCUT2D eigenvalue weighted by molar-refractivity contribution is 6.01. The Morgan fingerprint density at radius 2 is 1.38 bits per heavy atom. The summed E-state index contributed by atoms with van der Waals surface area (Å²) in [7, 11) is 0. The SMILES string of the molecule is N=C1C(C(c2ccccc2)c2ccccc2)OC(=O)N1OCCc1ccccc1. The smallest absolute Gasteiger partial charge is 0.435 e. The standard InChI is InChI=1S/C24H22N2O3/c25-23-22(21(19-12-6-2-7-13-19)20-14-8-3-9-15-20)29-24(27)26(23)28-17-16-18-10-4-1-5-11-18/h1-15,21-22,25H,16-17H2. The van der Waals surface area contributed by atoms with E-state index < -0.39 is 12.2 Å². The molecule has 0 saturated carbocycles. The third kappa shape index (κ3) is 4.20. The average Bonchev–Trinajstić information content (AvgIpc) is 3.04. The molecule has 1 fully saturated rings. The number of hydrogen-bond acceptors (Lipinski definition) is 4. The number of hydrogen-bond donors (Lipinski definition) is 1. The van der Waals surface area contributed by atoms with Gasteiger partial charge >= 0.3 is 6.09 Å². The number of nitrogens with one attached hydrogen (secondary N) is 1. The van der Waals surface area contributed by atoms with Gasteiger partial charge in [-0.25, -0.2) is 4.79 Å². The number of rotatable bonds is 7. The van der Waals surface area contributed by atoms with Gasteiger partial charge in [-0.05, 0) is 23.1 Å². The van der Waals surface area contributed by atoms with Crippen molar-refractivity contribution in [1.29, 1.82) is 5.41 Å². The predicted molar refractivity (Wildman–Crippen MR) is 111 cm³/mol. The zero-order valence-electron chi connectivity index (χ0n) is 15.9. The van der Waals surface area contributed by atoms with Gasteiger partial charge in [-0.1, -0.05) is 91.0 Å². The highest BCUT2D eigenvalue weighted by atomic mass is 16.7. The van der Waals surface area contributed by atoms with E-state index in [9.17, 15) is 4.79 Å². The lowest BCUT2D eigenvalue weighted by molar-refractivity contribution is -0.0657. The third-order valence-electron chi connectivity index (χ3n) is 4.96. The monoisotopic (exact) mass is 386 g/mol. The molecule has 1 unspecified atom stereocenters. The highest BCUT2D eigenvalue weighted by Crippen LogP contribution is 2.34. The topological polar surface area (TPSA) is 62.6 Å². The van der Waals surface area contributed by atoms with Crippen LogP contribution >= 0.6 is 0 Å². The summed E-state index contributed by atoms with van der Waals surface area (Å²) in [5.74, 6) is -0.266. The minimum absolute atomic E-state index is 0.0146. The second-order valence-corrected chi connectivity index (χ2v) is 6.85. The Hall–Kier alpha value is -3.44. The van der Waals surface area contributed by atoms with Gasteiger partial charge in [-0.3, -0.25) is 10.2 Å². The van der Waals surface area contributed by atoms with Crippen molar-refractivity contribution in [3.8, 4) is 0 Å². The van der Waals surface area contributed by atoms with Gasteiger partial charge in [0.1, 0.15) is 0 Å². The Labute approximate surface area is 170 Å². The molecule has 0 spiro atoms. The number of amidine groups is 1. The van der Waals surface area contributed by atoms with Crippen LogP contribution in [0.25, 0.3) is 0 Å². The zero-order chi connectivity index (χ0) is 20.1. The van der Waals surface area contributed by atoms with E-state index in [0.29, 0.717) is 6.42 Å². The van der Waals surface area contributed by atoms with Crippen molar-refractivity contribution in [1.82, 2.24) is 5.06 Å². The normalized spacial score (nSPS) is 16.3. The van der Waals surface area contributed by atoms with Crippen LogP contribution < -0.4 is 0 Å². The minimum Gasteiger partial charge on any atom is -0.435 e. The number of benzene rings is 3. The minimum atomic E-state index is -0.746. The molecule has 3 aromatic rings. The molecule has 4 rings (SSSR count). The Morgan fingerprint density at radius 1 is 0.862 bits per heavy atom. The van der Waals surface area contributed by atoms with Crippen molar-refractivity contribution >= 4 is 11.9 Å². The van der Waals surface area contributed by atoms with Crippen LogP contribution in [-0.4, -0.2) is 29.7 Å². The van der Waals surface area contributed by atoms with Crippen LogP contribution in [0, 0.1) is 5.41 Å². The molecule has 146 valence electrons. The van der Waals surface area contributed by atoms with Crippen molar-refractivity contribution < 1.29 is 14.4 Å². The van der Waals surface area contributed by atoms with E-state index in [1.807, 2.05) is 91.0 Å². The maximum absolute atomic E-state index is 12.4. The molecule has 29 heavy (non-hydrogen) atoms. The Morgan fingerprint density at radius 3 is 1.93 bits per heavy atom. The molecule has 1 aliphatic rings. The van der Waals surface area contributed by atoms with E-state index in [2.05, 4.69) is 0 Å². The molecule has 1 heterocycles. The number of carbonyl (C=O) groups excluding carboxylic acids is 1. The van der Waals surface area contributed by atoms with Crippen molar-refractivity contribution in [3.63, 3.8) is 0 Å². The van der Waals surface area contributed by atoms with Crippen molar-refractivity contribution in [2.75, 3.05) is 6.61 Å². The van der Waals surface area contributed by atoms with E-state index in [-0.39, 0.29) is 18.4 Å². The molecule has 1 atom stereocenters. The van der Waals surface area contributed by atoms with Gasteiger partial charge in [-0.2, -0.15) is 0 Å². The van der Waals surface area contributed by atoms with Crippen LogP contribution in [-0.2, 0) is 16.0 Å². The summed E-state index contributed by atoms with van der Waals surface area (Å²) in [4.78, 5) is 18.1. The molecular formula is C24H22N2O3. The quantitative estimate of drug-likeness (QED) is 0.635. The van der Waals surface area contributed by atoms with Gasteiger partial charge in [-0.15, -0.1) is 5.06 Å². The lowest BCUT2D eigenvalue weighted by atomic mass is 9.86. The predicted octanol–water partition coefficient (Wildman–Crippen LogP) is 4.79. The molecule has 1 saturated heterocycles. The lowest BCUT2D eigenvalue weighted by Gasteiger charge is -2.23. The summed E-state index contributed by atoms with van der Waals surface area (Å²) in [6.07, 6.45) is -0.752. The van der Waals surface area contributed by atoms with Crippen molar-refractivity contribution in [3.05, 3.63) is 108 Å². The van der Waals surface area contributed by atoms with E-state index >= 15 is 0 Å². The Bertz CT molecular complexity index is 922. The summed E-state index contributed by atoms with van der Waals surface area (Å²) in [6, 6.07) is 29.5. The number of hydroxylamine groups is 2. The van der Waals surface area contributed by atoms with Crippen LogP contribution in [0.1, 0.15) is 22.6 Å². The second-order valence-electron chi connectivity index (χ2n) is 6.85. The largest absolute Gasteiger partial charge is 0.440 e. The first-order chi connectivity index (χ1) is 14.2. The highest BCUT2D eigenvalue weighted by Gasteiger charge is 2.44. The van der Waals surface area contributed by atoms with Gasteiger partial charge in [0.25, 0.3) is 0 Å². The first-order valence-corrected chi connectivity index (χ1v) is 9.60. The van der Waals surface area contributed by atoms with E-state index in [4.69, 9.17) is 15.0 Å². The Balaban J connectivity index is 1.52. The van der Waals surface area contributed by atoms with Gasteiger partial charge in [0.2, 0.25) is 0 Å². The number of cyclic esters (lactones) is 1. The summed E-state index contributed by atoms with van der Waals surface area (Å²) in [5, 5.41) is 9.54. The zero-order valence-corrected chi connectivity index (χ0v) is 15.9. The van der Waals surface area contributed by atoms with E-state index in [1.165, 1.54) is 0 Å². The van der Waals surface area contributed by atoms with Crippen molar-refractivity contribution in [2.45, 2.75) is 18.4 Å². The molecule has 0 aliphatic carbocycles. The molecule has 0 aromatic heterocycles. The van der Waals surface area contributed by atoms with Crippen LogP contribution in [0.2, 0.25) is 0 Å². The average molecular weight is 386 g/mol. The summed E-state index contributed by atoms with van der Waals surface area (Å²) < 4.78 is 5.60. The molecule has 5 nitrogen and oxygen atoms in total. The maximum atomic E-state index is 12.4. The Kier molecular flexibility index (Phi) is 5.68. The number of ether oxygens (including phenoxy) is 1. The summed E-state index contributed by atoms with van der Waals surface area (Å²) >= 11 is 0. The molecule has 0 bridgehead atoms. The van der Waals surface area contributed by atoms with Gasteiger partial charge in [0.15, 0.2) is 11.9 Å². The molecule has 3 aromatic carbocycles. The van der Waals surface area contributed by atoms with Crippen LogP contribution in [0.15, 0.2) is 91.0 Å². The fraction of sp³-hybridized carbons (Fsp3) is 0.167. The molecule has 0 radical (unpaired) electrons. The van der Waals surface area contributed by atoms with Gasteiger partial charge in [0.05, 0.1) is 12.5 Å². The fourth-order valence-corrected chi connectivity index (χ4v) is 3.54. The third-order valence-corrected chi connectivity index (χ3v) is 4.96. The van der Waals surface area contributed by atoms with E-state index in [0.717, 1.165) is 21.8 Å². The fourth-order valence-electron chi connectivity index (χ4n) is 3.54. The number of carbonyl (C=O) groups is 1. The van der Waals surface area contributed by atoms with E-state index in [1.54, 1.807) is 0 Å². The second kappa shape index (κ2) is 8.71. The van der Waals surface area contributed by atoms with Crippen molar-refractivity contribution in [2.24, 2.45) is 0 Å². The molecule has 1 amide bonds. The van der Waals surface area contributed by atoms with Crippen LogP contribution in [0.3, 0.4) is 0 Å². The molecular weight excluding hydrogens is 364 g/mol. The van der Waals surface area contributed by atoms with Gasteiger partial charge in [0, 0.05) is 0 Å². The van der Waals surface area contributed by atoms with Crippen LogP contribution in [0.5, 0.6) is 0 Å². The first kappa shape index (κ1) is 18.9. The number of nitrogens with zero attached hydrogens (tertiary/aromatic N) is 1. The number of amides is 1. The molecule has 5 heteroatoms.